The Labute approximate surface area is 94.1 Å². The molecule has 4 heteroatoms. The van der Waals surface area contributed by atoms with Crippen molar-refractivity contribution >= 4 is 17.0 Å². The van der Waals surface area contributed by atoms with Crippen molar-refractivity contribution < 1.29 is 0 Å². The van der Waals surface area contributed by atoms with Crippen molar-refractivity contribution in [1.29, 1.82) is 0 Å². The molecule has 0 aliphatic carbocycles. The van der Waals surface area contributed by atoms with Gasteiger partial charge in [-0.3, -0.25) is 4.98 Å². The first-order valence-corrected chi connectivity index (χ1v) is 4.94. The van der Waals surface area contributed by atoms with Gasteiger partial charge in [-0.15, -0.1) is 6.42 Å². The Balaban J connectivity index is 2.37. The molecule has 0 bridgehead atoms. The first-order valence-electron chi connectivity index (χ1n) is 4.94. The lowest BCUT2D eigenvalue weighted by atomic mass is 10.1. The summed E-state index contributed by atoms with van der Waals surface area (Å²) < 4.78 is 0. The highest BCUT2D eigenvalue weighted by atomic mass is 15.1. The average Bonchev–Trinajstić information content (AvgIpc) is 2.28. The highest BCUT2D eigenvalue weighted by Crippen LogP contribution is 2.14. The minimum Gasteiger partial charge on any atom is -0.354 e. The molecule has 16 heavy (non-hydrogen) atoms. The molecule has 2 aromatic rings. The topological polar surface area (TPSA) is 50.7 Å². The lowest BCUT2D eigenvalue weighted by Crippen LogP contribution is -2.28. The minimum atomic E-state index is -0.428. The second-order valence-electron chi connectivity index (χ2n) is 3.99. The van der Waals surface area contributed by atoms with Crippen molar-refractivity contribution in [3.8, 4) is 12.3 Å². The van der Waals surface area contributed by atoms with E-state index in [1.807, 2.05) is 26.0 Å². The predicted octanol–water partition coefficient (Wildman–Crippen LogP) is 1.85. The van der Waals surface area contributed by atoms with E-state index in [1.54, 1.807) is 12.4 Å². The maximum atomic E-state index is 5.40. The fourth-order valence-electron chi connectivity index (χ4n) is 1.28. The van der Waals surface area contributed by atoms with Crippen molar-refractivity contribution in [3.05, 3.63) is 24.5 Å². The molecule has 0 unspecified atom stereocenters. The lowest BCUT2D eigenvalue weighted by Gasteiger charge is -2.20. The van der Waals surface area contributed by atoms with Gasteiger partial charge in [0.25, 0.3) is 0 Å². The van der Waals surface area contributed by atoms with Crippen LogP contribution in [0.1, 0.15) is 13.8 Å². The van der Waals surface area contributed by atoms with Crippen LogP contribution in [-0.2, 0) is 0 Å². The summed E-state index contributed by atoms with van der Waals surface area (Å²) in [6.45, 7) is 3.82. The number of rotatable bonds is 2. The van der Waals surface area contributed by atoms with Crippen LogP contribution in [0.3, 0.4) is 0 Å². The van der Waals surface area contributed by atoms with E-state index in [9.17, 15) is 0 Å². The fourth-order valence-corrected chi connectivity index (χ4v) is 1.28. The maximum Gasteiger partial charge on any atom is 0.180 e. The third-order valence-corrected chi connectivity index (χ3v) is 2.13. The van der Waals surface area contributed by atoms with E-state index in [-0.39, 0.29) is 0 Å². The number of nitrogens with one attached hydrogen (secondary N) is 1. The summed E-state index contributed by atoms with van der Waals surface area (Å²) in [7, 11) is 0. The summed E-state index contributed by atoms with van der Waals surface area (Å²) in [6, 6.07) is 3.71. The van der Waals surface area contributed by atoms with Crippen LogP contribution < -0.4 is 5.32 Å². The summed E-state index contributed by atoms with van der Waals surface area (Å²) in [5.41, 5.74) is 0.954. The second-order valence-corrected chi connectivity index (χ2v) is 3.99. The number of hydrogen-bond donors (Lipinski definition) is 1. The van der Waals surface area contributed by atoms with Crippen molar-refractivity contribution in [1.82, 2.24) is 15.0 Å². The number of pyridine rings is 1. The van der Waals surface area contributed by atoms with Gasteiger partial charge in [-0.1, -0.05) is 5.92 Å². The van der Waals surface area contributed by atoms with Gasteiger partial charge < -0.3 is 5.32 Å². The van der Waals surface area contributed by atoms with Gasteiger partial charge in [-0.05, 0) is 26.0 Å². The van der Waals surface area contributed by atoms with Crippen LogP contribution in [0, 0.1) is 12.3 Å². The van der Waals surface area contributed by atoms with Crippen LogP contribution in [0.15, 0.2) is 24.5 Å². The van der Waals surface area contributed by atoms with Crippen LogP contribution in [-0.4, -0.2) is 20.5 Å². The lowest BCUT2D eigenvalue weighted by molar-refractivity contribution is 0.736. The van der Waals surface area contributed by atoms with Crippen LogP contribution >= 0.6 is 0 Å². The van der Waals surface area contributed by atoms with Gasteiger partial charge in [0, 0.05) is 12.4 Å². The van der Waals surface area contributed by atoms with E-state index in [1.165, 1.54) is 0 Å². The molecule has 0 aliphatic heterocycles. The molecule has 1 N–H and O–H groups in total. The van der Waals surface area contributed by atoms with E-state index in [4.69, 9.17) is 6.42 Å². The zero-order valence-electron chi connectivity index (χ0n) is 9.23. The Morgan fingerprint density at radius 2 is 2.00 bits per heavy atom. The number of nitrogens with zero attached hydrogens (tertiary/aromatic N) is 3. The highest BCUT2D eigenvalue weighted by Gasteiger charge is 2.13. The third-order valence-electron chi connectivity index (χ3n) is 2.13. The zero-order chi connectivity index (χ0) is 11.6. The number of terminal acetylenes is 1. The van der Waals surface area contributed by atoms with Gasteiger partial charge in [0.2, 0.25) is 0 Å². The molecule has 0 radical (unpaired) electrons. The van der Waals surface area contributed by atoms with E-state index in [2.05, 4.69) is 26.2 Å². The van der Waals surface area contributed by atoms with Gasteiger partial charge in [-0.2, -0.15) is 0 Å². The summed E-state index contributed by atoms with van der Waals surface area (Å²) in [6.07, 6.45) is 8.66. The quantitative estimate of drug-likeness (QED) is 0.772. The van der Waals surface area contributed by atoms with Gasteiger partial charge in [0.1, 0.15) is 11.3 Å². The van der Waals surface area contributed by atoms with Crippen LogP contribution in [0.25, 0.3) is 11.2 Å². The molecule has 0 saturated carbocycles. The van der Waals surface area contributed by atoms with Crippen molar-refractivity contribution in [2.45, 2.75) is 19.4 Å². The number of hydrogen-bond acceptors (Lipinski definition) is 4. The van der Waals surface area contributed by atoms with E-state index < -0.39 is 5.54 Å². The van der Waals surface area contributed by atoms with E-state index in [0.29, 0.717) is 11.5 Å². The first-order chi connectivity index (χ1) is 7.61. The van der Waals surface area contributed by atoms with Gasteiger partial charge >= 0.3 is 0 Å². The van der Waals surface area contributed by atoms with Crippen molar-refractivity contribution in [2.75, 3.05) is 5.32 Å². The molecule has 0 atom stereocenters. The molecule has 4 nitrogen and oxygen atoms in total. The van der Waals surface area contributed by atoms with E-state index >= 15 is 0 Å². The largest absolute Gasteiger partial charge is 0.354 e. The number of fused-ring (bicyclic) bond motifs is 1. The van der Waals surface area contributed by atoms with Gasteiger partial charge in [0.05, 0.1) is 5.54 Å². The summed E-state index contributed by atoms with van der Waals surface area (Å²) >= 11 is 0. The highest BCUT2D eigenvalue weighted by molar-refractivity contribution is 5.71. The maximum absolute atomic E-state index is 5.40. The Hall–Kier alpha value is -2.15. The Bertz CT molecular complexity index is 554. The van der Waals surface area contributed by atoms with E-state index in [0.717, 1.165) is 5.52 Å². The monoisotopic (exact) mass is 212 g/mol. The molecule has 2 aromatic heterocycles. The fraction of sp³-hybridized carbons (Fsp3) is 0.250. The molecule has 2 heterocycles. The third kappa shape index (κ3) is 2.09. The summed E-state index contributed by atoms with van der Waals surface area (Å²) in [4.78, 5) is 12.6. The molecule has 0 amide bonds. The van der Waals surface area contributed by atoms with Crippen molar-refractivity contribution in [2.24, 2.45) is 0 Å². The second kappa shape index (κ2) is 3.78. The van der Waals surface area contributed by atoms with Crippen molar-refractivity contribution in [3.63, 3.8) is 0 Å². The minimum absolute atomic E-state index is 0.428. The molecule has 80 valence electrons. The molecule has 0 aromatic carbocycles. The molecule has 0 saturated heterocycles. The van der Waals surface area contributed by atoms with Gasteiger partial charge in [-0.25, -0.2) is 9.97 Å². The molecule has 0 spiro atoms. The van der Waals surface area contributed by atoms with Crippen LogP contribution in [0.5, 0.6) is 0 Å². The molecular weight excluding hydrogens is 200 g/mol. The Kier molecular flexibility index (Phi) is 2.45. The zero-order valence-corrected chi connectivity index (χ0v) is 9.23. The normalized spacial score (nSPS) is 11.1. The number of anilines is 1. The standard InChI is InChI=1S/C12H12N4/c1-4-12(2,3)16-10-6-5-9-11(15-10)14-8-7-13-9/h1,5-8H,2-3H3,(H,14,15,16). The first kappa shape index (κ1) is 10.4. The van der Waals surface area contributed by atoms with Crippen LogP contribution in [0.2, 0.25) is 0 Å². The summed E-state index contributed by atoms with van der Waals surface area (Å²) in [5.74, 6) is 3.36. The summed E-state index contributed by atoms with van der Waals surface area (Å²) in [5, 5.41) is 3.15. The number of aromatic nitrogens is 3. The predicted molar refractivity (Wildman–Crippen MR) is 63.9 cm³/mol. The molecular formula is C12H12N4. The Morgan fingerprint density at radius 1 is 1.25 bits per heavy atom. The molecule has 2 rings (SSSR count). The molecule has 0 aliphatic rings. The molecule has 0 fully saturated rings. The van der Waals surface area contributed by atoms with Gasteiger partial charge in [0.15, 0.2) is 5.65 Å². The Morgan fingerprint density at radius 3 is 2.75 bits per heavy atom. The average molecular weight is 212 g/mol. The SMILES string of the molecule is C#CC(C)(C)Nc1ccc2nccnc2n1. The smallest absolute Gasteiger partial charge is 0.180 e. The van der Waals surface area contributed by atoms with Crippen LogP contribution in [0.4, 0.5) is 5.82 Å².